The molecule has 2 aromatic heterocycles. The second-order valence-corrected chi connectivity index (χ2v) is 6.72. The zero-order chi connectivity index (χ0) is 19.3. The molecule has 5 rings (SSSR count). The van der Waals surface area contributed by atoms with E-state index < -0.39 is 5.82 Å². The van der Waals surface area contributed by atoms with E-state index in [0.717, 1.165) is 6.20 Å². The number of carbonyl (C=O) groups excluding carboxylic acids is 1. The minimum absolute atomic E-state index is 0.115. The Labute approximate surface area is 158 Å². The SMILES string of the molecule is O=C(c1cccc2c1OCCO2)N1CCc2nc3ccc(F)cn3c(=O)c2C1. The van der Waals surface area contributed by atoms with E-state index >= 15 is 0 Å². The van der Waals surface area contributed by atoms with Crippen LogP contribution in [-0.2, 0) is 13.0 Å². The normalized spacial score (nSPS) is 15.4. The summed E-state index contributed by atoms with van der Waals surface area (Å²) in [7, 11) is 0. The monoisotopic (exact) mass is 381 g/mol. The number of halogens is 1. The zero-order valence-corrected chi connectivity index (χ0v) is 14.9. The van der Waals surface area contributed by atoms with Gasteiger partial charge >= 0.3 is 0 Å². The Kier molecular flexibility index (Phi) is 3.78. The summed E-state index contributed by atoms with van der Waals surface area (Å²) in [6.45, 7) is 1.36. The van der Waals surface area contributed by atoms with Crippen LogP contribution in [0, 0.1) is 5.82 Å². The summed E-state index contributed by atoms with van der Waals surface area (Å²) in [4.78, 5) is 32.0. The number of benzene rings is 1. The third kappa shape index (κ3) is 2.60. The number of para-hydroxylation sites is 1. The molecule has 0 aliphatic carbocycles. The molecule has 0 saturated heterocycles. The lowest BCUT2D eigenvalue weighted by molar-refractivity contribution is 0.0722. The number of amides is 1. The number of aromatic nitrogens is 2. The van der Waals surface area contributed by atoms with Crippen molar-refractivity contribution in [3.63, 3.8) is 0 Å². The Balaban J connectivity index is 1.52. The molecule has 4 heterocycles. The molecule has 7 nitrogen and oxygen atoms in total. The predicted molar refractivity (Wildman–Crippen MR) is 97.3 cm³/mol. The van der Waals surface area contributed by atoms with Crippen molar-refractivity contribution in [1.29, 1.82) is 0 Å². The highest BCUT2D eigenvalue weighted by Gasteiger charge is 2.29. The van der Waals surface area contributed by atoms with Gasteiger partial charge in [-0.3, -0.25) is 14.0 Å². The third-order valence-corrected chi connectivity index (χ3v) is 5.02. The molecular formula is C20H16FN3O4. The van der Waals surface area contributed by atoms with Gasteiger partial charge in [0.1, 0.15) is 24.7 Å². The summed E-state index contributed by atoms with van der Waals surface area (Å²) in [5.41, 5.74) is 1.50. The van der Waals surface area contributed by atoms with E-state index in [4.69, 9.17) is 9.47 Å². The molecule has 0 unspecified atom stereocenters. The van der Waals surface area contributed by atoms with Gasteiger partial charge in [0.25, 0.3) is 11.5 Å². The van der Waals surface area contributed by atoms with Crippen LogP contribution in [0.3, 0.4) is 0 Å². The fourth-order valence-electron chi connectivity index (χ4n) is 3.66. The van der Waals surface area contributed by atoms with Crippen molar-refractivity contribution in [2.24, 2.45) is 0 Å². The molecular weight excluding hydrogens is 365 g/mol. The van der Waals surface area contributed by atoms with Gasteiger partial charge in [-0.15, -0.1) is 0 Å². The quantitative estimate of drug-likeness (QED) is 0.643. The molecule has 1 aromatic carbocycles. The lowest BCUT2D eigenvalue weighted by atomic mass is 10.0. The first-order chi connectivity index (χ1) is 13.6. The van der Waals surface area contributed by atoms with Gasteiger partial charge in [0.2, 0.25) is 0 Å². The van der Waals surface area contributed by atoms with E-state index in [9.17, 15) is 14.0 Å². The van der Waals surface area contributed by atoms with Gasteiger partial charge in [0.15, 0.2) is 11.5 Å². The van der Waals surface area contributed by atoms with Crippen molar-refractivity contribution in [1.82, 2.24) is 14.3 Å². The average Bonchev–Trinajstić information content (AvgIpc) is 2.73. The Morgan fingerprint density at radius 1 is 1.14 bits per heavy atom. The number of rotatable bonds is 1. The summed E-state index contributed by atoms with van der Waals surface area (Å²) in [6.07, 6.45) is 1.57. The molecule has 2 aliphatic rings. The fraction of sp³-hybridized carbons (Fsp3) is 0.250. The van der Waals surface area contributed by atoms with Crippen molar-refractivity contribution in [2.75, 3.05) is 19.8 Å². The Morgan fingerprint density at radius 3 is 2.89 bits per heavy atom. The topological polar surface area (TPSA) is 73.1 Å². The smallest absolute Gasteiger partial charge is 0.263 e. The van der Waals surface area contributed by atoms with Crippen molar-refractivity contribution in [3.05, 3.63) is 69.5 Å². The molecule has 142 valence electrons. The Morgan fingerprint density at radius 2 is 2.00 bits per heavy atom. The molecule has 0 saturated carbocycles. The summed E-state index contributed by atoms with van der Waals surface area (Å²) >= 11 is 0. The number of hydrogen-bond acceptors (Lipinski definition) is 5. The van der Waals surface area contributed by atoms with E-state index in [1.807, 2.05) is 0 Å². The lowest BCUT2D eigenvalue weighted by Crippen LogP contribution is -2.40. The molecule has 0 spiro atoms. The van der Waals surface area contributed by atoms with E-state index in [2.05, 4.69) is 4.98 Å². The molecule has 2 aliphatic heterocycles. The maximum Gasteiger partial charge on any atom is 0.263 e. The number of carbonyl (C=O) groups is 1. The van der Waals surface area contributed by atoms with Gasteiger partial charge < -0.3 is 14.4 Å². The fourth-order valence-corrected chi connectivity index (χ4v) is 3.66. The van der Waals surface area contributed by atoms with Gasteiger partial charge in [-0.25, -0.2) is 9.37 Å². The number of ether oxygens (including phenoxy) is 2. The van der Waals surface area contributed by atoms with Gasteiger partial charge in [-0.05, 0) is 24.3 Å². The van der Waals surface area contributed by atoms with Crippen molar-refractivity contribution in [3.8, 4) is 11.5 Å². The number of pyridine rings is 1. The van der Waals surface area contributed by atoms with Crippen LogP contribution in [-0.4, -0.2) is 40.0 Å². The maximum absolute atomic E-state index is 13.6. The third-order valence-electron chi connectivity index (χ3n) is 5.02. The van der Waals surface area contributed by atoms with Crippen LogP contribution >= 0.6 is 0 Å². The summed E-state index contributed by atoms with van der Waals surface area (Å²) in [5.74, 6) is 0.211. The van der Waals surface area contributed by atoms with Crippen molar-refractivity contribution in [2.45, 2.75) is 13.0 Å². The van der Waals surface area contributed by atoms with Crippen LogP contribution in [0.15, 0.2) is 41.3 Å². The summed E-state index contributed by atoms with van der Waals surface area (Å²) in [6, 6.07) is 7.93. The minimum atomic E-state index is -0.520. The highest BCUT2D eigenvalue weighted by Crippen LogP contribution is 2.34. The van der Waals surface area contributed by atoms with Crippen molar-refractivity contribution < 1.29 is 18.7 Å². The van der Waals surface area contributed by atoms with Gasteiger partial charge in [0, 0.05) is 19.2 Å². The molecule has 0 radical (unpaired) electrons. The molecule has 0 bridgehead atoms. The molecule has 0 fully saturated rings. The van der Waals surface area contributed by atoms with Crippen LogP contribution in [0.1, 0.15) is 21.6 Å². The second kappa shape index (κ2) is 6.33. The second-order valence-electron chi connectivity index (χ2n) is 6.72. The van der Waals surface area contributed by atoms with Crippen LogP contribution in [0.2, 0.25) is 0 Å². The lowest BCUT2D eigenvalue weighted by Gasteiger charge is -2.29. The van der Waals surface area contributed by atoms with E-state index in [1.165, 1.54) is 16.5 Å². The Hall–Kier alpha value is -3.42. The van der Waals surface area contributed by atoms with Crippen LogP contribution < -0.4 is 15.0 Å². The molecule has 28 heavy (non-hydrogen) atoms. The largest absolute Gasteiger partial charge is 0.486 e. The first-order valence-electron chi connectivity index (χ1n) is 8.99. The van der Waals surface area contributed by atoms with Gasteiger partial charge in [-0.2, -0.15) is 0 Å². The number of fused-ring (bicyclic) bond motifs is 3. The number of nitrogens with zero attached hydrogens (tertiary/aromatic N) is 3. The van der Waals surface area contributed by atoms with Crippen molar-refractivity contribution >= 4 is 11.6 Å². The highest BCUT2D eigenvalue weighted by atomic mass is 19.1. The molecule has 0 atom stereocenters. The van der Waals surface area contributed by atoms with Gasteiger partial charge in [-0.1, -0.05) is 6.07 Å². The zero-order valence-electron chi connectivity index (χ0n) is 14.9. The molecule has 0 N–H and O–H groups in total. The maximum atomic E-state index is 13.6. The minimum Gasteiger partial charge on any atom is -0.486 e. The Bertz CT molecular complexity index is 1170. The predicted octanol–water partition coefficient (Wildman–Crippen LogP) is 1.80. The highest BCUT2D eigenvalue weighted by molar-refractivity contribution is 5.98. The van der Waals surface area contributed by atoms with Crippen LogP contribution in [0.25, 0.3) is 5.65 Å². The first kappa shape index (κ1) is 16.7. The molecule has 3 aromatic rings. The number of hydrogen-bond donors (Lipinski definition) is 0. The van der Waals surface area contributed by atoms with Crippen LogP contribution in [0.4, 0.5) is 4.39 Å². The summed E-state index contributed by atoms with van der Waals surface area (Å²) in [5, 5.41) is 0. The van der Waals surface area contributed by atoms with E-state index in [-0.39, 0.29) is 18.0 Å². The van der Waals surface area contributed by atoms with E-state index in [0.29, 0.717) is 60.1 Å². The first-order valence-corrected chi connectivity index (χ1v) is 8.99. The average molecular weight is 381 g/mol. The summed E-state index contributed by atoms with van der Waals surface area (Å²) < 4.78 is 25.9. The van der Waals surface area contributed by atoms with E-state index in [1.54, 1.807) is 23.1 Å². The van der Waals surface area contributed by atoms with Gasteiger partial charge in [0.05, 0.1) is 23.4 Å². The molecule has 1 amide bonds. The van der Waals surface area contributed by atoms with Crippen LogP contribution in [0.5, 0.6) is 11.5 Å². The molecule has 8 heteroatoms. The standard InChI is InChI=1S/C20H16FN3O4/c21-12-4-5-17-22-15-6-7-23(11-14(15)20(26)24(17)10-12)19(25)13-2-1-3-16-18(13)28-9-8-27-16/h1-5,10H,6-9,11H2.